The summed E-state index contributed by atoms with van der Waals surface area (Å²) in [6, 6.07) is 5.59. The normalized spacial score (nSPS) is 27.1. The van der Waals surface area contributed by atoms with Crippen molar-refractivity contribution in [3.63, 3.8) is 0 Å². The van der Waals surface area contributed by atoms with Crippen molar-refractivity contribution in [2.24, 2.45) is 0 Å². The van der Waals surface area contributed by atoms with Crippen LogP contribution in [-0.4, -0.2) is 36.0 Å². The van der Waals surface area contributed by atoms with Crippen molar-refractivity contribution in [3.05, 3.63) is 34.1 Å². The molecule has 6 heteroatoms. The number of rotatable bonds is 2. The molecule has 2 atom stereocenters. The van der Waals surface area contributed by atoms with Gasteiger partial charge in [-0.1, -0.05) is 0 Å². The molecule has 2 heterocycles. The van der Waals surface area contributed by atoms with Crippen molar-refractivity contribution < 1.29 is 9.18 Å². The van der Waals surface area contributed by atoms with Gasteiger partial charge in [-0.05, 0) is 59.8 Å². The van der Waals surface area contributed by atoms with Gasteiger partial charge in [-0.25, -0.2) is 4.39 Å². The molecule has 116 valence electrons. The number of piperidine rings is 1. The average Bonchev–Trinajstić information content (AvgIpc) is 2.76. The number of nitrogens with zero attached hydrogens (tertiary/aromatic N) is 1. The van der Waals surface area contributed by atoms with Crippen LogP contribution in [0.5, 0.6) is 0 Å². The van der Waals surface area contributed by atoms with E-state index in [2.05, 4.69) is 21.2 Å². The summed E-state index contributed by atoms with van der Waals surface area (Å²) in [5, 5.41) is 3.58. The second kappa shape index (κ2) is 6.63. The van der Waals surface area contributed by atoms with Crippen LogP contribution in [0.2, 0.25) is 0 Å². The van der Waals surface area contributed by atoms with E-state index in [1.54, 1.807) is 6.07 Å². The lowest BCUT2D eigenvalue weighted by atomic mass is 9.98. The van der Waals surface area contributed by atoms with Crippen molar-refractivity contribution in [2.75, 3.05) is 7.05 Å². The van der Waals surface area contributed by atoms with Crippen molar-refractivity contribution in [1.82, 2.24) is 10.2 Å². The summed E-state index contributed by atoms with van der Waals surface area (Å²) in [7, 11) is 1.85. The van der Waals surface area contributed by atoms with Crippen LogP contribution in [0.25, 0.3) is 0 Å². The summed E-state index contributed by atoms with van der Waals surface area (Å²) in [4.78, 5) is 14.4. The SMILES string of the molecule is CN(C(=O)c1ccc(F)cc1Br)C1CC2CCC(C1)N2.Cl. The van der Waals surface area contributed by atoms with Crippen LogP contribution < -0.4 is 5.32 Å². The number of nitrogens with one attached hydrogen (secondary N) is 1. The number of carbonyl (C=O) groups is 1. The number of halogens is 3. The first-order valence-electron chi connectivity index (χ1n) is 7.03. The molecule has 2 saturated heterocycles. The summed E-state index contributed by atoms with van der Waals surface area (Å²) in [6.45, 7) is 0. The molecule has 2 unspecified atom stereocenters. The van der Waals surface area contributed by atoms with Crippen LogP contribution in [-0.2, 0) is 0 Å². The van der Waals surface area contributed by atoms with Gasteiger partial charge in [-0.3, -0.25) is 4.79 Å². The Balaban J connectivity index is 0.00000161. The molecule has 0 saturated carbocycles. The summed E-state index contributed by atoms with van der Waals surface area (Å²) in [5.74, 6) is -0.376. The smallest absolute Gasteiger partial charge is 0.254 e. The Morgan fingerprint density at radius 1 is 1.33 bits per heavy atom. The van der Waals surface area contributed by atoms with E-state index in [0.29, 0.717) is 22.1 Å². The second-order valence-electron chi connectivity index (χ2n) is 5.80. The second-order valence-corrected chi connectivity index (χ2v) is 6.66. The predicted molar refractivity (Wildman–Crippen MR) is 86.4 cm³/mol. The molecule has 1 N–H and O–H groups in total. The molecule has 0 radical (unpaired) electrons. The minimum Gasteiger partial charge on any atom is -0.339 e. The highest BCUT2D eigenvalue weighted by Crippen LogP contribution is 2.30. The zero-order valence-corrected chi connectivity index (χ0v) is 14.2. The molecule has 3 nitrogen and oxygen atoms in total. The van der Waals surface area contributed by atoms with Crippen LogP contribution in [0, 0.1) is 5.82 Å². The Morgan fingerprint density at radius 2 is 1.95 bits per heavy atom. The Bertz CT molecular complexity index is 530. The maximum atomic E-state index is 13.1. The van der Waals surface area contributed by atoms with Gasteiger partial charge in [0.05, 0.1) is 5.56 Å². The first-order chi connectivity index (χ1) is 9.54. The Labute approximate surface area is 138 Å². The van der Waals surface area contributed by atoms with Gasteiger partial charge in [0, 0.05) is 29.6 Å². The molecule has 2 bridgehead atoms. The topological polar surface area (TPSA) is 32.3 Å². The van der Waals surface area contributed by atoms with E-state index in [9.17, 15) is 9.18 Å². The van der Waals surface area contributed by atoms with Gasteiger partial charge in [0.2, 0.25) is 0 Å². The highest BCUT2D eigenvalue weighted by atomic mass is 79.9. The first kappa shape index (κ1) is 16.7. The fourth-order valence-electron chi connectivity index (χ4n) is 3.36. The molecule has 0 aromatic heterocycles. The summed E-state index contributed by atoms with van der Waals surface area (Å²) in [5.41, 5.74) is 0.528. The summed E-state index contributed by atoms with van der Waals surface area (Å²) < 4.78 is 13.6. The van der Waals surface area contributed by atoms with Crippen molar-refractivity contribution in [2.45, 2.75) is 43.8 Å². The molecule has 1 aromatic rings. The quantitative estimate of drug-likeness (QED) is 0.857. The number of benzene rings is 1. The molecule has 2 aliphatic heterocycles. The largest absolute Gasteiger partial charge is 0.339 e. The summed E-state index contributed by atoms with van der Waals surface area (Å²) in [6.07, 6.45) is 4.45. The minimum atomic E-state index is -0.337. The first-order valence-corrected chi connectivity index (χ1v) is 7.82. The lowest BCUT2D eigenvalue weighted by Crippen LogP contribution is -2.48. The maximum Gasteiger partial charge on any atom is 0.254 e. The lowest BCUT2D eigenvalue weighted by molar-refractivity contribution is 0.0680. The predicted octanol–water partition coefficient (Wildman–Crippen LogP) is 3.37. The van der Waals surface area contributed by atoms with Crippen LogP contribution in [0.3, 0.4) is 0 Å². The monoisotopic (exact) mass is 376 g/mol. The van der Waals surface area contributed by atoms with Crippen LogP contribution in [0.4, 0.5) is 4.39 Å². The van der Waals surface area contributed by atoms with Crippen molar-refractivity contribution >= 4 is 34.2 Å². The maximum absolute atomic E-state index is 13.1. The number of hydrogen-bond donors (Lipinski definition) is 1. The minimum absolute atomic E-state index is 0. The van der Waals surface area contributed by atoms with Gasteiger partial charge in [-0.15, -0.1) is 12.4 Å². The molecule has 1 aromatic carbocycles. The molecule has 21 heavy (non-hydrogen) atoms. The Morgan fingerprint density at radius 3 is 2.52 bits per heavy atom. The van der Waals surface area contributed by atoms with E-state index in [-0.39, 0.29) is 30.2 Å². The third kappa shape index (κ3) is 3.41. The van der Waals surface area contributed by atoms with E-state index in [0.717, 1.165) is 12.8 Å². The summed E-state index contributed by atoms with van der Waals surface area (Å²) >= 11 is 3.28. The average molecular weight is 378 g/mol. The fourth-order valence-corrected chi connectivity index (χ4v) is 3.88. The van der Waals surface area contributed by atoms with Gasteiger partial charge >= 0.3 is 0 Å². The Kier molecular flexibility index (Phi) is 5.28. The fraction of sp³-hybridized carbons (Fsp3) is 0.533. The number of fused-ring (bicyclic) bond motifs is 2. The van der Waals surface area contributed by atoms with E-state index in [1.165, 1.54) is 25.0 Å². The number of amides is 1. The molecular formula is C15H19BrClFN2O. The molecule has 3 rings (SSSR count). The van der Waals surface area contributed by atoms with E-state index in [4.69, 9.17) is 0 Å². The van der Waals surface area contributed by atoms with Gasteiger partial charge in [0.15, 0.2) is 0 Å². The highest BCUT2D eigenvalue weighted by Gasteiger charge is 2.36. The zero-order valence-electron chi connectivity index (χ0n) is 11.8. The van der Waals surface area contributed by atoms with Crippen LogP contribution in [0.1, 0.15) is 36.0 Å². The van der Waals surface area contributed by atoms with E-state index >= 15 is 0 Å². The molecule has 2 fully saturated rings. The van der Waals surface area contributed by atoms with E-state index in [1.807, 2.05) is 11.9 Å². The molecule has 1 amide bonds. The molecule has 2 aliphatic rings. The van der Waals surface area contributed by atoms with Gasteiger partial charge in [0.25, 0.3) is 5.91 Å². The molecule has 0 spiro atoms. The molecular weight excluding hydrogens is 359 g/mol. The van der Waals surface area contributed by atoms with Crippen molar-refractivity contribution in [1.29, 1.82) is 0 Å². The van der Waals surface area contributed by atoms with Crippen molar-refractivity contribution in [3.8, 4) is 0 Å². The standard InChI is InChI=1S/C15H18BrFN2O.ClH/c1-19(12-7-10-3-4-11(8-12)18-10)15(20)13-5-2-9(17)6-14(13)16;/h2,5-6,10-12,18H,3-4,7-8H2,1H3;1H. The number of carbonyl (C=O) groups excluding carboxylic acids is 1. The zero-order chi connectivity index (χ0) is 14.3. The lowest BCUT2D eigenvalue weighted by Gasteiger charge is -2.35. The third-order valence-corrected chi connectivity index (χ3v) is 5.13. The third-order valence-electron chi connectivity index (χ3n) is 4.48. The highest BCUT2D eigenvalue weighted by molar-refractivity contribution is 9.10. The van der Waals surface area contributed by atoms with Crippen LogP contribution >= 0.6 is 28.3 Å². The van der Waals surface area contributed by atoms with Crippen LogP contribution in [0.15, 0.2) is 22.7 Å². The van der Waals surface area contributed by atoms with E-state index < -0.39 is 0 Å². The van der Waals surface area contributed by atoms with Gasteiger partial charge < -0.3 is 10.2 Å². The molecule has 0 aliphatic carbocycles. The van der Waals surface area contributed by atoms with Gasteiger partial charge in [-0.2, -0.15) is 0 Å². The van der Waals surface area contributed by atoms with Gasteiger partial charge in [0.1, 0.15) is 5.82 Å². The number of hydrogen-bond acceptors (Lipinski definition) is 2. The Hall–Kier alpha value is -0.650.